The predicted octanol–water partition coefficient (Wildman–Crippen LogP) is 3.52. The summed E-state index contributed by atoms with van der Waals surface area (Å²) in [7, 11) is 0. The van der Waals surface area contributed by atoms with Crippen LogP contribution >= 0.6 is 0 Å². The molecule has 3 rings (SSSR count). The Morgan fingerprint density at radius 2 is 1.92 bits per heavy atom. The minimum absolute atomic E-state index is 0.102. The van der Waals surface area contributed by atoms with Gasteiger partial charge >= 0.3 is 0 Å². The number of rotatable bonds is 7. The lowest BCUT2D eigenvalue weighted by Crippen LogP contribution is -2.24. The average molecular weight is 341 g/mol. The second kappa shape index (κ2) is 8.37. The first kappa shape index (κ1) is 17.1. The number of benzene rings is 1. The number of nitrogens with zero attached hydrogens (tertiary/aromatic N) is 1. The molecule has 6 nitrogen and oxygen atoms in total. The van der Waals surface area contributed by atoms with Crippen LogP contribution in [0.3, 0.4) is 0 Å². The van der Waals surface area contributed by atoms with Crippen LogP contribution in [0, 0.1) is 0 Å². The minimum Gasteiger partial charge on any atom is -0.486 e. The molecule has 1 aromatic heterocycles. The van der Waals surface area contributed by atoms with Gasteiger partial charge in [0.1, 0.15) is 13.2 Å². The van der Waals surface area contributed by atoms with Gasteiger partial charge in [-0.3, -0.25) is 9.78 Å². The van der Waals surface area contributed by atoms with Gasteiger partial charge in [0, 0.05) is 24.5 Å². The molecule has 132 valence electrons. The summed E-state index contributed by atoms with van der Waals surface area (Å²) in [5, 5.41) is 6.17. The van der Waals surface area contributed by atoms with E-state index in [1.54, 1.807) is 18.5 Å². The number of ether oxygens (including phenoxy) is 2. The summed E-state index contributed by atoms with van der Waals surface area (Å²) in [6, 6.07) is 7.45. The lowest BCUT2D eigenvalue weighted by Gasteiger charge is -2.19. The first-order valence-electron chi connectivity index (χ1n) is 8.66. The fourth-order valence-corrected chi connectivity index (χ4v) is 2.60. The molecular weight excluding hydrogens is 318 g/mol. The number of amides is 1. The van der Waals surface area contributed by atoms with Crippen molar-refractivity contribution >= 4 is 17.3 Å². The van der Waals surface area contributed by atoms with Gasteiger partial charge in [0.2, 0.25) is 0 Å². The van der Waals surface area contributed by atoms with E-state index in [2.05, 4.69) is 22.5 Å². The van der Waals surface area contributed by atoms with Crippen LogP contribution in [-0.4, -0.2) is 30.6 Å². The second-order valence-corrected chi connectivity index (χ2v) is 5.91. The highest BCUT2D eigenvalue weighted by Gasteiger charge is 2.12. The molecule has 0 bridgehead atoms. The van der Waals surface area contributed by atoms with E-state index in [1.807, 2.05) is 18.2 Å². The molecule has 0 spiro atoms. The Balaban J connectivity index is 1.64. The van der Waals surface area contributed by atoms with E-state index in [4.69, 9.17) is 9.47 Å². The third kappa shape index (κ3) is 4.62. The van der Waals surface area contributed by atoms with Gasteiger partial charge < -0.3 is 20.1 Å². The molecule has 0 radical (unpaired) electrons. The van der Waals surface area contributed by atoms with Gasteiger partial charge in [0.05, 0.1) is 17.4 Å². The van der Waals surface area contributed by atoms with Crippen LogP contribution in [0.4, 0.5) is 11.4 Å². The third-order valence-electron chi connectivity index (χ3n) is 3.90. The number of pyridine rings is 1. The molecule has 0 fully saturated rings. The standard InChI is InChI=1S/C19H23N3O3/c1-2-3-4-7-21-19(23)14-10-16(13-20-12-14)22-15-5-6-17-18(11-15)25-9-8-24-17/h5-6,10-13,22H,2-4,7-9H2,1H3,(H,21,23). The Kier molecular flexibility index (Phi) is 5.72. The number of carbonyl (C=O) groups excluding carboxylic acids is 1. The van der Waals surface area contributed by atoms with E-state index < -0.39 is 0 Å². The van der Waals surface area contributed by atoms with E-state index in [1.165, 1.54) is 0 Å². The Bertz CT molecular complexity index is 734. The minimum atomic E-state index is -0.102. The van der Waals surface area contributed by atoms with Gasteiger partial charge in [-0.05, 0) is 24.6 Å². The van der Waals surface area contributed by atoms with Crippen molar-refractivity contribution in [1.82, 2.24) is 10.3 Å². The second-order valence-electron chi connectivity index (χ2n) is 5.91. The Hall–Kier alpha value is -2.76. The fraction of sp³-hybridized carbons (Fsp3) is 0.368. The number of hydrogen-bond acceptors (Lipinski definition) is 5. The van der Waals surface area contributed by atoms with E-state index in [9.17, 15) is 4.79 Å². The quantitative estimate of drug-likeness (QED) is 0.754. The van der Waals surface area contributed by atoms with E-state index in [0.717, 1.165) is 36.4 Å². The van der Waals surface area contributed by atoms with Crippen molar-refractivity contribution in [3.63, 3.8) is 0 Å². The summed E-state index contributed by atoms with van der Waals surface area (Å²) >= 11 is 0. The van der Waals surface area contributed by atoms with Crippen molar-refractivity contribution in [1.29, 1.82) is 0 Å². The van der Waals surface area contributed by atoms with Crippen molar-refractivity contribution in [3.8, 4) is 11.5 Å². The maximum Gasteiger partial charge on any atom is 0.252 e. The summed E-state index contributed by atoms with van der Waals surface area (Å²) in [6.45, 7) is 3.94. The number of hydrogen-bond donors (Lipinski definition) is 2. The molecule has 2 aromatic rings. The predicted molar refractivity (Wildman–Crippen MR) is 96.8 cm³/mol. The van der Waals surface area contributed by atoms with Crippen LogP contribution in [0.5, 0.6) is 11.5 Å². The number of carbonyl (C=O) groups is 1. The maximum atomic E-state index is 12.2. The summed E-state index contributed by atoms with van der Waals surface area (Å²) in [5.41, 5.74) is 2.14. The average Bonchev–Trinajstić information content (AvgIpc) is 2.65. The molecule has 1 aliphatic heterocycles. The molecule has 25 heavy (non-hydrogen) atoms. The van der Waals surface area contributed by atoms with Crippen LogP contribution in [0.1, 0.15) is 36.5 Å². The van der Waals surface area contributed by atoms with Crippen LogP contribution in [-0.2, 0) is 0 Å². The SMILES string of the molecule is CCCCCNC(=O)c1cncc(Nc2ccc3c(c2)OCCO3)c1. The van der Waals surface area contributed by atoms with Gasteiger partial charge in [-0.15, -0.1) is 0 Å². The molecule has 2 heterocycles. The van der Waals surface area contributed by atoms with Gasteiger partial charge in [0.15, 0.2) is 11.5 Å². The highest BCUT2D eigenvalue weighted by Crippen LogP contribution is 2.33. The van der Waals surface area contributed by atoms with Gasteiger partial charge in [-0.25, -0.2) is 0 Å². The highest BCUT2D eigenvalue weighted by atomic mass is 16.6. The summed E-state index contributed by atoms with van der Waals surface area (Å²) in [5.74, 6) is 1.36. The molecule has 0 saturated carbocycles. The first-order chi connectivity index (χ1) is 12.3. The lowest BCUT2D eigenvalue weighted by atomic mass is 10.2. The van der Waals surface area contributed by atoms with Crippen LogP contribution in [0.15, 0.2) is 36.7 Å². The molecular formula is C19H23N3O3. The Morgan fingerprint density at radius 3 is 2.76 bits per heavy atom. The van der Waals surface area contributed by atoms with Crippen molar-refractivity contribution in [2.45, 2.75) is 26.2 Å². The number of anilines is 2. The Labute approximate surface area is 147 Å². The fourth-order valence-electron chi connectivity index (χ4n) is 2.60. The topological polar surface area (TPSA) is 72.5 Å². The molecule has 0 atom stereocenters. The van der Waals surface area contributed by atoms with Gasteiger partial charge in [0.25, 0.3) is 5.91 Å². The highest BCUT2D eigenvalue weighted by molar-refractivity contribution is 5.94. The van der Waals surface area contributed by atoms with Crippen LogP contribution in [0.2, 0.25) is 0 Å². The third-order valence-corrected chi connectivity index (χ3v) is 3.90. The molecule has 1 aliphatic rings. The molecule has 2 N–H and O–H groups in total. The molecule has 1 aromatic carbocycles. The van der Waals surface area contributed by atoms with E-state index >= 15 is 0 Å². The van der Waals surface area contributed by atoms with Crippen LogP contribution in [0.25, 0.3) is 0 Å². The summed E-state index contributed by atoms with van der Waals surface area (Å²) < 4.78 is 11.1. The van der Waals surface area contributed by atoms with Gasteiger partial charge in [-0.1, -0.05) is 19.8 Å². The van der Waals surface area contributed by atoms with Crippen molar-refractivity contribution < 1.29 is 14.3 Å². The zero-order valence-corrected chi connectivity index (χ0v) is 14.4. The van der Waals surface area contributed by atoms with Crippen molar-refractivity contribution in [2.24, 2.45) is 0 Å². The van der Waals surface area contributed by atoms with Crippen molar-refractivity contribution in [3.05, 3.63) is 42.2 Å². The summed E-state index contributed by atoms with van der Waals surface area (Å²) in [4.78, 5) is 16.3. The molecule has 0 saturated heterocycles. The molecule has 0 unspecified atom stereocenters. The maximum absolute atomic E-state index is 12.2. The Morgan fingerprint density at radius 1 is 1.08 bits per heavy atom. The number of fused-ring (bicyclic) bond motifs is 1. The van der Waals surface area contributed by atoms with Crippen molar-refractivity contribution in [2.75, 3.05) is 25.1 Å². The smallest absolute Gasteiger partial charge is 0.252 e. The number of unbranched alkanes of at least 4 members (excludes halogenated alkanes) is 2. The molecule has 0 aliphatic carbocycles. The zero-order chi connectivity index (χ0) is 17.5. The normalized spacial score (nSPS) is 12.5. The molecule has 6 heteroatoms. The summed E-state index contributed by atoms with van der Waals surface area (Å²) in [6.07, 6.45) is 6.50. The number of nitrogens with one attached hydrogen (secondary N) is 2. The van der Waals surface area contributed by atoms with E-state index in [-0.39, 0.29) is 5.91 Å². The number of aromatic nitrogens is 1. The monoisotopic (exact) mass is 341 g/mol. The largest absolute Gasteiger partial charge is 0.486 e. The lowest BCUT2D eigenvalue weighted by molar-refractivity contribution is 0.0952. The van der Waals surface area contributed by atoms with Gasteiger partial charge in [-0.2, -0.15) is 0 Å². The van der Waals surface area contributed by atoms with Crippen LogP contribution < -0.4 is 20.1 Å². The van der Waals surface area contributed by atoms with E-state index in [0.29, 0.717) is 31.1 Å². The first-order valence-corrected chi connectivity index (χ1v) is 8.66. The zero-order valence-electron chi connectivity index (χ0n) is 14.4. The molecule has 1 amide bonds.